The molecule has 1 aliphatic heterocycles. The minimum Gasteiger partial charge on any atom is -0.453 e. The number of aromatic nitrogens is 4. The van der Waals surface area contributed by atoms with Gasteiger partial charge in [-0.05, 0) is 44.0 Å². The Morgan fingerprint density at radius 3 is 2.57 bits per heavy atom. The molecule has 186 valence electrons. The van der Waals surface area contributed by atoms with Crippen LogP contribution in [0, 0.1) is 35.4 Å². The number of benzene rings is 1. The number of likely N-dealkylation sites (tertiary alicyclic amines) is 1. The van der Waals surface area contributed by atoms with Crippen LogP contribution < -0.4 is 0 Å². The summed E-state index contributed by atoms with van der Waals surface area (Å²) in [5.74, 6) is -0.484. The van der Waals surface area contributed by atoms with Crippen molar-refractivity contribution in [2.45, 2.75) is 35.6 Å². The molecule has 4 heterocycles. The number of nitrogens with zero attached hydrogens (tertiary/aromatic N) is 7. The van der Waals surface area contributed by atoms with Gasteiger partial charge < -0.3 is 9.64 Å². The lowest BCUT2D eigenvalue weighted by atomic mass is 10.0. The molecule has 5 rings (SSSR count). The van der Waals surface area contributed by atoms with Crippen molar-refractivity contribution in [3.63, 3.8) is 0 Å². The van der Waals surface area contributed by atoms with E-state index >= 15 is 0 Å². The topological polar surface area (TPSA) is 112 Å². The fraction of sp³-hybridized carbons (Fsp3) is 0.269. The third-order valence-corrected chi connectivity index (χ3v) is 7.69. The number of carbonyl (C=O) groups excluding carboxylic acids is 1. The number of hydrogen-bond acceptors (Lipinski definition) is 7. The van der Waals surface area contributed by atoms with Crippen LogP contribution in [0.25, 0.3) is 16.6 Å². The van der Waals surface area contributed by atoms with E-state index in [0.717, 1.165) is 29.7 Å². The van der Waals surface area contributed by atoms with Crippen LogP contribution in [0.4, 0.5) is 9.18 Å². The summed E-state index contributed by atoms with van der Waals surface area (Å²) in [6.45, 7) is 3.20. The van der Waals surface area contributed by atoms with E-state index in [0.29, 0.717) is 34.0 Å². The van der Waals surface area contributed by atoms with E-state index in [1.165, 1.54) is 37.2 Å². The molecule has 0 bridgehead atoms. The number of pyridine rings is 1. The standard InChI is InChI=1S/C26H22FN7O2S/c1-16-22(14-31-34(16)21-5-7-32(8-6-21)26(35)36-2)18-10-24(25-19(12-29)13-30-33(25)15-18)37-23-4-3-20(27)9-17(23)11-28/h3-4,9-10,13-15,21H,5-8H2,1-2H3. The van der Waals surface area contributed by atoms with E-state index in [2.05, 4.69) is 16.3 Å². The maximum atomic E-state index is 13.7. The summed E-state index contributed by atoms with van der Waals surface area (Å²) in [7, 11) is 1.39. The molecule has 0 saturated carbocycles. The van der Waals surface area contributed by atoms with Gasteiger partial charge in [0.2, 0.25) is 0 Å². The van der Waals surface area contributed by atoms with Crippen molar-refractivity contribution in [1.82, 2.24) is 24.3 Å². The van der Waals surface area contributed by atoms with Gasteiger partial charge in [-0.3, -0.25) is 4.68 Å². The van der Waals surface area contributed by atoms with E-state index in [4.69, 9.17) is 4.74 Å². The van der Waals surface area contributed by atoms with Gasteiger partial charge in [0, 0.05) is 45.9 Å². The lowest BCUT2D eigenvalue weighted by Crippen LogP contribution is -2.39. The first-order valence-electron chi connectivity index (χ1n) is 11.6. The molecule has 1 aliphatic rings. The maximum Gasteiger partial charge on any atom is 0.409 e. The summed E-state index contributed by atoms with van der Waals surface area (Å²) in [5, 5.41) is 28.2. The molecule has 1 fully saturated rings. The van der Waals surface area contributed by atoms with E-state index in [-0.39, 0.29) is 17.7 Å². The molecule has 1 saturated heterocycles. The molecule has 4 aromatic rings. The quantitative estimate of drug-likeness (QED) is 0.378. The smallest absolute Gasteiger partial charge is 0.409 e. The van der Waals surface area contributed by atoms with Crippen molar-refractivity contribution >= 4 is 23.4 Å². The highest BCUT2D eigenvalue weighted by atomic mass is 32.2. The lowest BCUT2D eigenvalue weighted by Gasteiger charge is -2.31. The molecular weight excluding hydrogens is 493 g/mol. The zero-order chi connectivity index (χ0) is 26.1. The number of amides is 1. The van der Waals surface area contributed by atoms with E-state index in [1.54, 1.807) is 15.5 Å². The van der Waals surface area contributed by atoms with Gasteiger partial charge in [-0.25, -0.2) is 13.7 Å². The number of fused-ring (bicyclic) bond motifs is 1. The van der Waals surface area contributed by atoms with Crippen molar-refractivity contribution in [3.8, 4) is 23.3 Å². The summed E-state index contributed by atoms with van der Waals surface area (Å²) < 4.78 is 22.2. The van der Waals surface area contributed by atoms with Crippen molar-refractivity contribution in [3.05, 3.63) is 65.5 Å². The fourth-order valence-corrected chi connectivity index (χ4v) is 5.76. The molecule has 0 unspecified atom stereocenters. The van der Waals surface area contributed by atoms with Gasteiger partial charge in [-0.2, -0.15) is 20.7 Å². The van der Waals surface area contributed by atoms with Crippen LogP contribution in [0.1, 0.15) is 35.7 Å². The third-order valence-electron chi connectivity index (χ3n) is 6.58. The molecule has 11 heteroatoms. The Kier molecular flexibility index (Phi) is 6.55. The van der Waals surface area contributed by atoms with E-state index in [1.807, 2.05) is 36.1 Å². The molecule has 1 amide bonds. The molecule has 0 spiro atoms. The van der Waals surface area contributed by atoms with Gasteiger partial charge in [0.15, 0.2) is 0 Å². The number of carbonyl (C=O) groups is 1. The largest absolute Gasteiger partial charge is 0.453 e. The average Bonchev–Trinajstić information content (AvgIpc) is 3.52. The second kappa shape index (κ2) is 9.96. The Hall–Kier alpha value is -4.35. The number of rotatable bonds is 4. The summed E-state index contributed by atoms with van der Waals surface area (Å²) in [6.07, 6.45) is 6.39. The third kappa shape index (κ3) is 4.50. The van der Waals surface area contributed by atoms with E-state index in [9.17, 15) is 19.7 Å². The number of halogens is 1. The fourth-order valence-electron chi connectivity index (χ4n) is 4.69. The predicted molar refractivity (Wildman–Crippen MR) is 133 cm³/mol. The maximum absolute atomic E-state index is 13.7. The first kappa shape index (κ1) is 24.3. The van der Waals surface area contributed by atoms with Gasteiger partial charge in [0.05, 0.1) is 42.2 Å². The van der Waals surface area contributed by atoms with Crippen LogP contribution in [-0.4, -0.2) is 50.6 Å². The summed E-state index contributed by atoms with van der Waals surface area (Å²) >= 11 is 1.29. The predicted octanol–water partition coefficient (Wildman–Crippen LogP) is 4.94. The number of methoxy groups -OCH3 is 1. The highest BCUT2D eigenvalue weighted by Gasteiger charge is 2.26. The Morgan fingerprint density at radius 1 is 1.11 bits per heavy atom. The van der Waals surface area contributed by atoms with Crippen LogP contribution in [0.2, 0.25) is 0 Å². The molecular formula is C26H22FN7O2S. The number of nitriles is 2. The first-order valence-corrected chi connectivity index (χ1v) is 12.4. The highest BCUT2D eigenvalue weighted by molar-refractivity contribution is 7.99. The van der Waals surface area contributed by atoms with Crippen molar-refractivity contribution in [2.24, 2.45) is 0 Å². The summed E-state index contributed by atoms with van der Waals surface area (Å²) in [5.41, 5.74) is 3.96. The van der Waals surface area contributed by atoms with Crippen LogP contribution in [0.5, 0.6) is 0 Å². The number of hydrogen-bond donors (Lipinski definition) is 0. The Balaban J connectivity index is 1.52. The number of piperidine rings is 1. The Morgan fingerprint density at radius 2 is 1.86 bits per heavy atom. The van der Waals surface area contributed by atoms with Crippen molar-refractivity contribution < 1.29 is 13.9 Å². The summed E-state index contributed by atoms with van der Waals surface area (Å²) in [6, 6.07) is 10.4. The average molecular weight is 516 g/mol. The second-order valence-electron chi connectivity index (χ2n) is 8.69. The molecule has 0 N–H and O–H groups in total. The molecule has 9 nitrogen and oxygen atoms in total. The van der Waals surface area contributed by atoms with Crippen LogP contribution >= 0.6 is 11.8 Å². The first-order chi connectivity index (χ1) is 17.9. The molecule has 37 heavy (non-hydrogen) atoms. The second-order valence-corrected chi connectivity index (χ2v) is 9.77. The Labute approximate surface area is 216 Å². The molecule has 0 atom stereocenters. The summed E-state index contributed by atoms with van der Waals surface area (Å²) in [4.78, 5) is 14.8. The van der Waals surface area contributed by atoms with Gasteiger partial charge >= 0.3 is 6.09 Å². The van der Waals surface area contributed by atoms with Gasteiger partial charge in [0.25, 0.3) is 0 Å². The number of ether oxygens (including phenoxy) is 1. The lowest BCUT2D eigenvalue weighted by molar-refractivity contribution is 0.105. The van der Waals surface area contributed by atoms with Crippen LogP contribution in [0.3, 0.4) is 0 Å². The molecule has 3 aromatic heterocycles. The normalized spacial score (nSPS) is 13.9. The van der Waals surface area contributed by atoms with Crippen molar-refractivity contribution in [1.29, 1.82) is 10.5 Å². The minimum absolute atomic E-state index is 0.152. The zero-order valence-corrected chi connectivity index (χ0v) is 21.0. The van der Waals surface area contributed by atoms with Gasteiger partial charge in [-0.1, -0.05) is 11.8 Å². The highest BCUT2D eigenvalue weighted by Crippen LogP contribution is 2.38. The van der Waals surface area contributed by atoms with Crippen LogP contribution in [-0.2, 0) is 4.74 Å². The van der Waals surface area contributed by atoms with E-state index < -0.39 is 5.82 Å². The zero-order valence-electron chi connectivity index (χ0n) is 20.2. The monoisotopic (exact) mass is 515 g/mol. The van der Waals surface area contributed by atoms with Gasteiger partial charge in [0.1, 0.15) is 18.0 Å². The van der Waals surface area contributed by atoms with Gasteiger partial charge in [-0.15, -0.1) is 0 Å². The SMILES string of the molecule is COC(=O)N1CCC(n2ncc(-c3cc(Sc4ccc(F)cc4C#N)c4c(C#N)cnn4c3)c2C)CC1. The molecule has 0 radical (unpaired) electrons. The van der Waals surface area contributed by atoms with Crippen LogP contribution in [0.15, 0.2) is 52.6 Å². The molecule has 0 aliphatic carbocycles. The molecule has 1 aromatic carbocycles. The Bertz CT molecular complexity index is 1590. The van der Waals surface area contributed by atoms with Crippen molar-refractivity contribution in [2.75, 3.05) is 20.2 Å². The minimum atomic E-state index is -0.484.